The van der Waals surface area contributed by atoms with Crippen molar-refractivity contribution < 1.29 is 0 Å². The molecule has 0 atom stereocenters. The quantitative estimate of drug-likeness (QED) is 0.648. The second-order valence-corrected chi connectivity index (χ2v) is 4.87. The summed E-state index contributed by atoms with van der Waals surface area (Å²) >= 11 is 1.95. The molecule has 2 rings (SSSR count). The Morgan fingerprint density at radius 2 is 2.19 bits per heavy atom. The molecule has 0 aliphatic heterocycles. The molecule has 2 nitrogen and oxygen atoms in total. The first kappa shape index (κ1) is 11.3. The number of fused-ring (bicyclic) bond motifs is 1. The van der Waals surface area contributed by atoms with Gasteiger partial charge in [0.15, 0.2) is 0 Å². The average molecular weight is 232 g/mol. The van der Waals surface area contributed by atoms with Crippen LogP contribution < -0.4 is 5.73 Å². The van der Waals surface area contributed by atoms with E-state index in [0.717, 1.165) is 22.3 Å². The van der Waals surface area contributed by atoms with E-state index >= 15 is 0 Å². The van der Waals surface area contributed by atoms with Gasteiger partial charge in [-0.25, -0.2) is 0 Å². The molecule has 16 heavy (non-hydrogen) atoms. The number of rotatable bonds is 4. The Balaban J connectivity index is 2.35. The Hall–Kier alpha value is -1.22. The summed E-state index contributed by atoms with van der Waals surface area (Å²) in [6, 6.07) is 8.03. The summed E-state index contributed by atoms with van der Waals surface area (Å²) in [5, 5.41) is 1.07. The molecule has 0 saturated carbocycles. The number of aromatic nitrogens is 1. The van der Waals surface area contributed by atoms with Gasteiger partial charge in [0.25, 0.3) is 0 Å². The van der Waals surface area contributed by atoms with Crippen LogP contribution in [0.4, 0.5) is 5.69 Å². The second kappa shape index (κ2) is 5.21. The molecule has 0 radical (unpaired) electrons. The van der Waals surface area contributed by atoms with E-state index in [0.29, 0.717) is 0 Å². The molecule has 1 heterocycles. The van der Waals surface area contributed by atoms with Gasteiger partial charge in [0.1, 0.15) is 0 Å². The molecule has 0 amide bonds. The van der Waals surface area contributed by atoms with Crippen LogP contribution in [0.2, 0.25) is 0 Å². The Morgan fingerprint density at radius 1 is 1.31 bits per heavy atom. The third-order valence-electron chi connectivity index (χ3n) is 2.49. The maximum atomic E-state index is 5.93. The zero-order chi connectivity index (χ0) is 11.4. The van der Waals surface area contributed by atoms with Gasteiger partial charge in [-0.15, -0.1) is 0 Å². The smallest absolute Gasteiger partial charge is 0.0763 e. The summed E-state index contributed by atoms with van der Waals surface area (Å²) < 4.78 is 0. The minimum Gasteiger partial charge on any atom is -0.398 e. The van der Waals surface area contributed by atoms with Crippen molar-refractivity contribution in [3.05, 3.63) is 36.0 Å². The molecule has 2 aromatic rings. The third kappa shape index (κ3) is 2.30. The molecule has 0 bridgehead atoms. The van der Waals surface area contributed by atoms with Crippen molar-refractivity contribution in [1.29, 1.82) is 0 Å². The molecule has 1 aromatic carbocycles. The molecule has 84 valence electrons. The van der Waals surface area contributed by atoms with Crippen molar-refractivity contribution in [1.82, 2.24) is 4.98 Å². The zero-order valence-corrected chi connectivity index (χ0v) is 10.3. The molecule has 1 aromatic heterocycles. The van der Waals surface area contributed by atoms with Gasteiger partial charge >= 0.3 is 0 Å². The van der Waals surface area contributed by atoms with Crippen molar-refractivity contribution in [2.45, 2.75) is 19.1 Å². The van der Waals surface area contributed by atoms with Crippen molar-refractivity contribution in [3.63, 3.8) is 0 Å². The van der Waals surface area contributed by atoms with Crippen LogP contribution in [0.15, 0.2) is 30.5 Å². The van der Waals surface area contributed by atoms with E-state index in [1.54, 1.807) is 0 Å². The van der Waals surface area contributed by atoms with Crippen molar-refractivity contribution in [3.8, 4) is 0 Å². The SMILES string of the molecule is CCCSCc1ccc(N)c2cccnc12. The van der Waals surface area contributed by atoms with Crippen LogP contribution in [0.5, 0.6) is 0 Å². The Bertz CT molecular complexity index is 482. The van der Waals surface area contributed by atoms with Gasteiger partial charge in [-0.3, -0.25) is 4.98 Å². The highest BCUT2D eigenvalue weighted by molar-refractivity contribution is 7.98. The fraction of sp³-hybridized carbons (Fsp3) is 0.308. The number of anilines is 1. The number of pyridine rings is 1. The lowest BCUT2D eigenvalue weighted by Crippen LogP contribution is -1.93. The lowest BCUT2D eigenvalue weighted by atomic mass is 10.1. The van der Waals surface area contributed by atoms with Crippen LogP contribution >= 0.6 is 11.8 Å². The molecule has 2 N–H and O–H groups in total. The largest absolute Gasteiger partial charge is 0.398 e. The molecular weight excluding hydrogens is 216 g/mol. The lowest BCUT2D eigenvalue weighted by Gasteiger charge is -2.07. The average Bonchev–Trinajstić information content (AvgIpc) is 2.33. The normalized spacial score (nSPS) is 10.8. The number of hydrogen-bond donors (Lipinski definition) is 1. The van der Waals surface area contributed by atoms with Crippen molar-refractivity contribution >= 4 is 28.4 Å². The van der Waals surface area contributed by atoms with Gasteiger partial charge in [-0.1, -0.05) is 13.0 Å². The minimum absolute atomic E-state index is 0.812. The van der Waals surface area contributed by atoms with E-state index in [1.165, 1.54) is 17.7 Å². The monoisotopic (exact) mass is 232 g/mol. The van der Waals surface area contributed by atoms with Crippen LogP contribution in [-0.2, 0) is 5.75 Å². The van der Waals surface area contributed by atoms with Crippen LogP contribution in [0.3, 0.4) is 0 Å². The summed E-state index contributed by atoms with van der Waals surface area (Å²) in [4.78, 5) is 4.43. The molecule has 0 fully saturated rings. The highest BCUT2D eigenvalue weighted by atomic mass is 32.2. The van der Waals surface area contributed by atoms with E-state index in [4.69, 9.17) is 5.73 Å². The summed E-state index contributed by atoms with van der Waals surface area (Å²) in [6.45, 7) is 2.20. The molecule has 0 aliphatic rings. The first-order valence-electron chi connectivity index (χ1n) is 5.52. The summed E-state index contributed by atoms with van der Waals surface area (Å²) in [5.74, 6) is 2.21. The molecule has 0 saturated heterocycles. The zero-order valence-electron chi connectivity index (χ0n) is 9.44. The number of nitrogen functional groups attached to an aromatic ring is 1. The van der Waals surface area contributed by atoms with Gasteiger partial charge in [-0.05, 0) is 35.9 Å². The number of nitrogens with two attached hydrogens (primary N) is 1. The number of benzene rings is 1. The highest BCUT2D eigenvalue weighted by Crippen LogP contribution is 2.25. The van der Waals surface area contributed by atoms with Crippen LogP contribution in [-0.4, -0.2) is 10.7 Å². The van der Waals surface area contributed by atoms with Gasteiger partial charge in [0, 0.05) is 23.0 Å². The summed E-state index contributed by atoms with van der Waals surface area (Å²) in [5.41, 5.74) is 9.07. The Labute approximate surface area is 100 Å². The fourth-order valence-corrected chi connectivity index (χ4v) is 2.58. The van der Waals surface area contributed by atoms with Gasteiger partial charge < -0.3 is 5.73 Å². The van der Waals surface area contributed by atoms with Crippen molar-refractivity contribution in [2.75, 3.05) is 11.5 Å². The third-order valence-corrected chi connectivity index (χ3v) is 3.71. The van der Waals surface area contributed by atoms with Crippen LogP contribution in [0, 0.1) is 0 Å². The van der Waals surface area contributed by atoms with Crippen molar-refractivity contribution in [2.24, 2.45) is 0 Å². The number of nitrogens with zero attached hydrogens (tertiary/aromatic N) is 1. The summed E-state index contributed by atoms with van der Waals surface area (Å²) in [7, 11) is 0. The minimum atomic E-state index is 0.812. The predicted molar refractivity (Wildman–Crippen MR) is 72.6 cm³/mol. The Morgan fingerprint density at radius 3 is 3.00 bits per heavy atom. The molecule has 0 aliphatic carbocycles. The van der Waals surface area contributed by atoms with Gasteiger partial charge in [-0.2, -0.15) is 11.8 Å². The van der Waals surface area contributed by atoms with E-state index in [9.17, 15) is 0 Å². The maximum absolute atomic E-state index is 5.93. The highest BCUT2D eigenvalue weighted by Gasteiger charge is 2.04. The van der Waals surface area contributed by atoms with E-state index in [2.05, 4.69) is 18.0 Å². The van der Waals surface area contributed by atoms with E-state index < -0.39 is 0 Å². The first-order chi connectivity index (χ1) is 7.83. The molecule has 0 unspecified atom stereocenters. The fourth-order valence-electron chi connectivity index (χ4n) is 1.70. The standard InChI is InChI=1S/C13H16N2S/c1-2-8-16-9-10-5-6-12(14)11-4-3-7-15-13(10)11/h3-7H,2,8-9,14H2,1H3. The van der Waals surface area contributed by atoms with E-state index in [-0.39, 0.29) is 0 Å². The van der Waals surface area contributed by atoms with E-state index in [1.807, 2.05) is 36.2 Å². The lowest BCUT2D eigenvalue weighted by molar-refractivity contribution is 1.10. The second-order valence-electron chi connectivity index (χ2n) is 3.77. The first-order valence-corrected chi connectivity index (χ1v) is 6.68. The number of hydrogen-bond acceptors (Lipinski definition) is 3. The Kier molecular flexibility index (Phi) is 3.67. The molecule has 3 heteroatoms. The van der Waals surface area contributed by atoms with Crippen LogP contribution in [0.1, 0.15) is 18.9 Å². The van der Waals surface area contributed by atoms with Gasteiger partial charge in [0.2, 0.25) is 0 Å². The number of thioether (sulfide) groups is 1. The molecule has 0 spiro atoms. The van der Waals surface area contributed by atoms with Gasteiger partial charge in [0.05, 0.1) is 5.52 Å². The topological polar surface area (TPSA) is 38.9 Å². The molecular formula is C13H16N2S. The maximum Gasteiger partial charge on any atom is 0.0763 e. The van der Waals surface area contributed by atoms with Crippen LogP contribution in [0.25, 0.3) is 10.9 Å². The predicted octanol–water partition coefficient (Wildman–Crippen LogP) is 3.46. The summed E-state index contributed by atoms with van der Waals surface area (Å²) in [6.07, 6.45) is 3.04.